The van der Waals surface area contributed by atoms with Gasteiger partial charge >= 0.3 is 0 Å². The third-order valence-corrected chi connectivity index (χ3v) is 5.06. The van der Waals surface area contributed by atoms with Crippen molar-refractivity contribution in [3.63, 3.8) is 0 Å². The zero-order valence-electron chi connectivity index (χ0n) is 15.4. The van der Waals surface area contributed by atoms with Gasteiger partial charge in [-0.25, -0.2) is 4.98 Å². The number of para-hydroxylation sites is 2. The second-order valence-corrected chi connectivity index (χ2v) is 7.16. The smallest absolute Gasteiger partial charge is 0.253 e. The molecule has 0 aliphatic heterocycles. The van der Waals surface area contributed by atoms with Crippen LogP contribution < -0.4 is 5.32 Å². The first-order valence-corrected chi connectivity index (χ1v) is 9.39. The van der Waals surface area contributed by atoms with Gasteiger partial charge in [-0.3, -0.25) is 4.79 Å². The predicted molar refractivity (Wildman–Crippen MR) is 107 cm³/mol. The van der Waals surface area contributed by atoms with E-state index in [2.05, 4.69) is 29.8 Å². The van der Waals surface area contributed by atoms with Crippen LogP contribution in [-0.2, 0) is 6.54 Å². The standard InChI is InChI=1S/C21H24ClN3O/c1-4-14(2)13-25-19-12-8-7-11-18(19)24-20(25)15(3)23-21(26)16-9-5-6-10-17(16)22/h5-12,14-15H,4,13H2,1-3H3,(H,23,26). The molecule has 3 rings (SSSR count). The summed E-state index contributed by atoms with van der Waals surface area (Å²) >= 11 is 6.15. The maximum absolute atomic E-state index is 12.6. The topological polar surface area (TPSA) is 46.9 Å². The fourth-order valence-electron chi connectivity index (χ4n) is 3.04. The molecule has 0 saturated carbocycles. The van der Waals surface area contributed by atoms with Gasteiger partial charge < -0.3 is 9.88 Å². The maximum atomic E-state index is 12.6. The highest BCUT2D eigenvalue weighted by atomic mass is 35.5. The minimum absolute atomic E-state index is 0.190. The van der Waals surface area contributed by atoms with Crippen molar-refractivity contribution in [3.05, 3.63) is 64.9 Å². The third-order valence-electron chi connectivity index (χ3n) is 4.73. The number of carbonyl (C=O) groups excluding carboxylic acids is 1. The summed E-state index contributed by atoms with van der Waals surface area (Å²) in [5.74, 6) is 1.20. The lowest BCUT2D eigenvalue weighted by Gasteiger charge is -2.19. The molecule has 0 aliphatic rings. The van der Waals surface area contributed by atoms with Crippen molar-refractivity contribution in [2.24, 2.45) is 5.92 Å². The minimum atomic E-state index is -0.227. The molecule has 1 amide bonds. The van der Waals surface area contributed by atoms with Crippen molar-refractivity contribution in [2.45, 2.75) is 39.8 Å². The molecule has 0 fully saturated rings. The van der Waals surface area contributed by atoms with Gasteiger partial charge in [0.05, 0.1) is 27.7 Å². The van der Waals surface area contributed by atoms with E-state index in [1.165, 1.54) is 0 Å². The second-order valence-electron chi connectivity index (χ2n) is 6.76. The van der Waals surface area contributed by atoms with Crippen LogP contribution in [0.5, 0.6) is 0 Å². The molecule has 3 aromatic rings. The predicted octanol–water partition coefficient (Wildman–Crippen LogP) is 5.23. The summed E-state index contributed by atoms with van der Waals surface area (Å²) in [7, 11) is 0. The normalized spacial score (nSPS) is 13.5. The lowest BCUT2D eigenvalue weighted by atomic mass is 10.1. The number of hydrogen-bond acceptors (Lipinski definition) is 2. The number of nitrogens with one attached hydrogen (secondary N) is 1. The van der Waals surface area contributed by atoms with Gasteiger partial charge in [0.15, 0.2) is 0 Å². The summed E-state index contributed by atoms with van der Waals surface area (Å²) in [4.78, 5) is 17.4. The van der Waals surface area contributed by atoms with E-state index in [1.807, 2.05) is 37.3 Å². The molecule has 0 saturated heterocycles. The zero-order valence-corrected chi connectivity index (χ0v) is 16.1. The third kappa shape index (κ3) is 3.75. The van der Waals surface area contributed by atoms with Crippen LogP contribution in [0.25, 0.3) is 11.0 Å². The Morgan fingerprint density at radius 2 is 1.85 bits per heavy atom. The molecule has 2 atom stereocenters. The van der Waals surface area contributed by atoms with Crippen molar-refractivity contribution in [1.82, 2.24) is 14.9 Å². The van der Waals surface area contributed by atoms with E-state index >= 15 is 0 Å². The van der Waals surface area contributed by atoms with Gasteiger partial charge in [0.2, 0.25) is 0 Å². The van der Waals surface area contributed by atoms with Crippen LogP contribution in [0.1, 0.15) is 49.4 Å². The lowest BCUT2D eigenvalue weighted by molar-refractivity contribution is 0.0937. The van der Waals surface area contributed by atoms with Crippen LogP contribution in [-0.4, -0.2) is 15.5 Å². The highest BCUT2D eigenvalue weighted by molar-refractivity contribution is 6.33. The molecule has 2 unspecified atom stereocenters. The van der Waals surface area contributed by atoms with E-state index in [9.17, 15) is 4.79 Å². The molecule has 0 bridgehead atoms. The summed E-state index contributed by atoms with van der Waals surface area (Å²) in [5, 5.41) is 3.49. The maximum Gasteiger partial charge on any atom is 0.253 e. The van der Waals surface area contributed by atoms with Crippen LogP contribution in [0.4, 0.5) is 0 Å². The number of aromatic nitrogens is 2. The van der Waals surface area contributed by atoms with E-state index in [0.29, 0.717) is 16.5 Å². The SMILES string of the molecule is CCC(C)Cn1c(C(C)NC(=O)c2ccccc2Cl)nc2ccccc21. The Balaban J connectivity index is 1.92. The number of rotatable bonds is 6. The molecule has 4 nitrogen and oxygen atoms in total. The van der Waals surface area contributed by atoms with E-state index in [4.69, 9.17) is 16.6 Å². The van der Waals surface area contributed by atoms with Gasteiger partial charge in [-0.15, -0.1) is 0 Å². The monoisotopic (exact) mass is 369 g/mol. The van der Waals surface area contributed by atoms with Gasteiger partial charge in [0.1, 0.15) is 5.82 Å². The largest absolute Gasteiger partial charge is 0.342 e. The van der Waals surface area contributed by atoms with Crippen LogP contribution in [0.3, 0.4) is 0 Å². The molecule has 26 heavy (non-hydrogen) atoms. The number of hydrogen-bond donors (Lipinski definition) is 1. The number of halogens is 1. The Morgan fingerprint density at radius 3 is 2.58 bits per heavy atom. The molecule has 0 radical (unpaired) electrons. The van der Waals surface area contributed by atoms with Crippen molar-refractivity contribution >= 4 is 28.5 Å². The molecular formula is C21H24ClN3O. The highest BCUT2D eigenvalue weighted by Crippen LogP contribution is 2.24. The van der Waals surface area contributed by atoms with Crippen LogP contribution in [0.15, 0.2) is 48.5 Å². The van der Waals surface area contributed by atoms with Gasteiger partial charge in [-0.2, -0.15) is 0 Å². The van der Waals surface area contributed by atoms with Crippen molar-refractivity contribution in [3.8, 4) is 0 Å². The van der Waals surface area contributed by atoms with E-state index in [0.717, 1.165) is 29.8 Å². The van der Waals surface area contributed by atoms with Gasteiger partial charge in [0, 0.05) is 6.54 Å². The Bertz CT molecular complexity index is 919. The minimum Gasteiger partial charge on any atom is -0.342 e. The van der Waals surface area contributed by atoms with Crippen molar-refractivity contribution < 1.29 is 4.79 Å². The number of amides is 1. The summed E-state index contributed by atoms with van der Waals surface area (Å²) < 4.78 is 2.22. The number of imidazole rings is 1. The van der Waals surface area contributed by atoms with E-state index in [1.54, 1.807) is 12.1 Å². The summed E-state index contributed by atoms with van der Waals surface area (Å²) in [6.45, 7) is 7.25. The first kappa shape index (κ1) is 18.5. The highest BCUT2D eigenvalue weighted by Gasteiger charge is 2.20. The van der Waals surface area contributed by atoms with E-state index < -0.39 is 0 Å². The molecular weight excluding hydrogens is 346 g/mol. The summed E-state index contributed by atoms with van der Waals surface area (Å²) in [6, 6.07) is 14.9. The number of carbonyl (C=O) groups is 1. The van der Waals surface area contributed by atoms with Crippen LogP contribution in [0.2, 0.25) is 5.02 Å². The zero-order chi connectivity index (χ0) is 18.7. The van der Waals surface area contributed by atoms with Crippen molar-refractivity contribution in [1.29, 1.82) is 0 Å². The molecule has 136 valence electrons. The molecule has 2 aromatic carbocycles. The van der Waals surface area contributed by atoms with Crippen molar-refractivity contribution in [2.75, 3.05) is 0 Å². The number of benzene rings is 2. The Morgan fingerprint density at radius 1 is 1.15 bits per heavy atom. The Hall–Kier alpha value is -2.33. The number of fused-ring (bicyclic) bond motifs is 1. The second kappa shape index (κ2) is 7.92. The first-order chi connectivity index (χ1) is 12.5. The Labute approximate surface area is 159 Å². The molecule has 1 aromatic heterocycles. The first-order valence-electron chi connectivity index (χ1n) is 9.01. The van der Waals surface area contributed by atoms with E-state index in [-0.39, 0.29) is 11.9 Å². The molecule has 1 N–H and O–H groups in total. The molecule has 0 aliphatic carbocycles. The number of nitrogens with zero attached hydrogens (tertiary/aromatic N) is 2. The average Bonchev–Trinajstić information content (AvgIpc) is 3.00. The fraction of sp³-hybridized carbons (Fsp3) is 0.333. The quantitative estimate of drug-likeness (QED) is 0.646. The van der Waals surface area contributed by atoms with Crippen LogP contribution >= 0.6 is 11.6 Å². The van der Waals surface area contributed by atoms with Gasteiger partial charge in [-0.1, -0.05) is 56.1 Å². The summed E-state index contributed by atoms with van der Waals surface area (Å²) in [6.07, 6.45) is 1.09. The summed E-state index contributed by atoms with van der Waals surface area (Å²) in [5.41, 5.74) is 2.52. The van der Waals surface area contributed by atoms with Gasteiger partial charge in [0.25, 0.3) is 5.91 Å². The molecule has 5 heteroatoms. The Kier molecular flexibility index (Phi) is 5.62. The van der Waals surface area contributed by atoms with Crippen LogP contribution in [0, 0.1) is 5.92 Å². The lowest BCUT2D eigenvalue weighted by Crippen LogP contribution is -2.29. The van der Waals surface area contributed by atoms with Gasteiger partial charge in [-0.05, 0) is 37.1 Å². The average molecular weight is 370 g/mol. The molecule has 1 heterocycles. The molecule has 0 spiro atoms. The fourth-order valence-corrected chi connectivity index (χ4v) is 3.26.